The molecule has 2 rings (SSSR count). The van der Waals surface area contributed by atoms with E-state index in [1.807, 2.05) is 27.7 Å². The van der Waals surface area contributed by atoms with Crippen molar-refractivity contribution in [1.82, 2.24) is 15.2 Å². The van der Waals surface area contributed by atoms with E-state index in [0.29, 0.717) is 25.4 Å². The summed E-state index contributed by atoms with van der Waals surface area (Å²) >= 11 is 0. The van der Waals surface area contributed by atoms with Gasteiger partial charge in [0.15, 0.2) is 5.69 Å². The molecule has 0 spiro atoms. The second-order valence-electron chi connectivity index (χ2n) is 8.55. The minimum absolute atomic E-state index is 0.0545. The molecule has 0 fully saturated rings. The van der Waals surface area contributed by atoms with E-state index in [4.69, 9.17) is 4.42 Å². The standard InChI is InChI=1S/C23H30F3N3O3/c1-15(2)8-10-27-21(30)19-14-32-20(28-19)13-29(11-9-16(3)4)22(31)17-6-5-7-18(12-17)23(24,25)26/h5-7,12,14-16H,8-11,13H2,1-4H3,(H,27,30). The maximum absolute atomic E-state index is 13.1. The number of hydrogen-bond donors (Lipinski definition) is 1. The molecule has 9 heteroatoms. The maximum Gasteiger partial charge on any atom is 0.416 e. The van der Waals surface area contributed by atoms with Gasteiger partial charge in [-0.3, -0.25) is 9.59 Å². The number of hydrogen-bond acceptors (Lipinski definition) is 4. The van der Waals surface area contributed by atoms with Gasteiger partial charge in [0, 0.05) is 18.7 Å². The molecule has 1 aromatic carbocycles. The van der Waals surface area contributed by atoms with Gasteiger partial charge in [0.2, 0.25) is 5.89 Å². The smallest absolute Gasteiger partial charge is 0.416 e. The number of carbonyl (C=O) groups excluding carboxylic acids is 2. The third kappa shape index (κ3) is 7.69. The number of aromatic nitrogens is 1. The predicted octanol–water partition coefficient (Wildman–Crippen LogP) is 5.16. The SMILES string of the molecule is CC(C)CCNC(=O)c1coc(CN(CCC(C)C)C(=O)c2cccc(C(F)(F)F)c2)n1. The van der Waals surface area contributed by atoms with E-state index < -0.39 is 17.6 Å². The van der Waals surface area contributed by atoms with Crippen LogP contribution in [-0.2, 0) is 12.7 Å². The van der Waals surface area contributed by atoms with Gasteiger partial charge in [-0.15, -0.1) is 0 Å². The van der Waals surface area contributed by atoms with Gasteiger partial charge in [0.05, 0.1) is 12.1 Å². The second-order valence-corrected chi connectivity index (χ2v) is 8.55. The molecule has 0 aliphatic rings. The minimum atomic E-state index is -4.54. The average molecular weight is 454 g/mol. The Balaban J connectivity index is 2.15. The van der Waals surface area contributed by atoms with Crippen molar-refractivity contribution in [2.45, 2.75) is 53.3 Å². The Labute approximate surface area is 186 Å². The maximum atomic E-state index is 13.1. The van der Waals surface area contributed by atoms with Crippen LogP contribution in [0.1, 0.15) is 72.8 Å². The van der Waals surface area contributed by atoms with E-state index in [0.717, 1.165) is 18.6 Å². The summed E-state index contributed by atoms with van der Waals surface area (Å²) in [5.74, 6) is -0.0715. The van der Waals surface area contributed by atoms with Gasteiger partial charge in [0.1, 0.15) is 6.26 Å². The summed E-state index contributed by atoms with van der Waals surface area (Å²) < 4.78 is 44.5. The monoisotopic (exact) mass is 453 g/mol. The summed E-state index contributed by atoms with van der Waals surface area (Å²) in [6, 6.07) is 4.33. The highest BCUT2D eigenvalue weighted by atomic mass is 19.4. The fourth-order valence-electron chi connectivity index (χ4n) is 2.89. The molecule has 0 unspecified atom stereocenters. The normalized spacial score (nSPS) is 11.8. The largest absolute Gasteiger partial charge is 0.446 e. The van der Waals surface area contributed by atoms with Crippen LogP contribution in [0.3, 0.4) is 0 Å². The Morgan fingerprint density at radius 2 is 1.81 bits per heavy atom. The molecule has 1 aromatic heterocycles. The van der Waals surface area contributed by atoms with Crippen molar-refractivity contribution >= 4 is 11.8 Å². The zero-order valence-corrected chi connectivity index (χ0v) is 18.8. The second kappa shape index (κ2) is 11.2. The average Bonchev–Trinajstić information content (AvgIpc) is 3.18. The molecule has 2 amide bonds. The Hall–Kier alpha value is -2.84. The molecule has 176 valence electrons. The van der Waals surface area contributed by atoms with Crippen LogP contribution in [0.2, 0.25) is 0 Å². The van der Waals surface area contributed by atoms with Gasteiger partial charge >= 0.3 is 6.18 Å². The molecular weight excluding hydrogens is 423 g/mol. The van der Waals surface area contributed by atoms with Crippen LogP contribution < -0.4 is 5.32 Å². The van der Waals surface area contributed by atoms with Crippen LogP contribution in [0.25, 0.3) is 0 Å². The van der Waals surface area contributed by atoms with Crippen molar-refractivity contribution in [2.75, 3.05) is 13.1 Å². The molecule has 1 heterocycles. The first-order valence-corrected chi connectivity index (χ1v) is 10.7. The predicted molar refractivity (Wildman–Crippen MR) is 114 cm³/mol. The Morgan fingerprint density at radius 1 is 1.12 bits per heavy atom. The first-order chi connectivity index (χ1) is 15.0. The number of alkyl halides is 3. The van der Waals surface area contributed by atoms with E-state index >= 15 is 0 Å². The van der Waals surface area contributed by atoms with Gasteiger partial charge < -0.3 is 14.6 Å². The fourth-order valence-corrected chi connectivity index (χ4v) is 2.89. The molecule has 0 aliphatic carbocycles. The zero-order chi connectivity index (χ0) is 23.9. The van der Waals surface area contributed by atoms with Crippen molar-refractivity contribution in [1.29, 1.82) is 0 Å². The lowest BCUT2D eigenvalue weighted by atomic mass is 10.1. The molecule has 32 heavy (non-hydrogen) atoms. The quantitative estimate of drug-likeness (QED) is 0.539. The van der Waals surface area contributed by atoms with Gasteiger partial charge in [-0.05, 0) is 42.9 Å². The number of benzene rings is 1. The fraction of sp³-hybridized carbons (Fsp3) is 0.522. The van der Waals surface area contributed by atoms with Crippen LogP contribution in [0, 0.1) is 11.8 Å². The minimum Gasteiger partial charge on any atom is -0.446 e. The molecular formula is C23H30F3N3O3. The van der Waals surface area contributed by atoms with E-state index in [9.17, 15) is 22.8 Å². The molecule has 6 nitrogen and oxygen atoms in total. The van der Waals surface area contributed by atoms with Crippen LogP contribution in [0.5, 0.6) is 0 Å². The first-order valence-electron chi connectivity index (χ1n) is 10.7. The highest BCUT2D eigenvalue weighted by Gasteiger charge is 2.31. The first kappa shape index (κ1) is 25.4. The van der Waals surface area contributed by atoms with Crippen LogP contribution in [-0.4, -0.2) is 34.8 Å². The van der Waals surface area contributed by atoms with Gasteiger partial charge in [0.25, 0.3) is 11.8 Å². The molecule has 0 saturated carbocycles. The number of nitrogens with zero attached hydrogens (tertiary/aromatic N) is 2. The Morgan fingerprint density at radius 3 is 2.44 bits per heavy atom. The summed E-state index contributed by atoms with van der Waals surface area (Å²) in [6.45, 7) is 8.83. The number of oxazole rings is 1. The number of halogens is 3. The lowest BCUT2D eigenvalue weighted by Gasteiger charge is -2.22. The zero-order valence-electron chi connectivity index (χ0n) is 18.8. The number of carbonyl (C=O) groups is 2. The van der Waals surface area contributed by atoms with Gasteiger partial charge in [-0.2, -0.15) is 13.2 Å². The summed E-state index contributed by atoms with van der Waals surface area (Å²) in [4.78, 5) is 30.7. The highest BCUT2D eigenvalue weighted by molar-refractivity contribution is 5.94. The van der Waals surface area contributed by atoms with E-state index in [1.54, 1.807) is 0 Å². The number of rotatable bonds is 10. The Kier molecular flexibility index (Phi) is 8.86. The number of amides is 2. The van der Waals surface area contributed by atoms with E-state index in [2.05, 4.69) is 10.3 Å². The van der Waals surface area contributed by atoms with Crippen molar-refractivity contribution < 1.29 is 27.2 Å². The topological polar surface area (TPSA) is 75.4 Å². The van der Waals surface area contributed by atoms with Gasteiger partial charge in [-0.25, -0.2) is 4.98 Å². The number of nitrogens with one attached hydrogen (secondary N) is 1. The molecule has 0 saturated heterocycles. The molecule has 2 aromatic rings. The molecule has 0 radical (unpaired) electrons. The van der Waals surface area contributed by atoms with Crippen molar-refractivity contribution in [2.24, 2.45) is 11.8 Å². The summed E-state index contributed by atoms with van der Waals surface area (Å²) in [7, 11) is 0. The van der Waals surface area contributed by atoms with Crippen molar-refractivity contribution in [3.63, 3.8) is 0 Å². The lowest BCUT2D eigenvalue weighted by molar-refractivity contribution is -0.137. The van der Waals surface area contributed by atoms with E-state index in [1.165, 1.54) is 23.3 Å². The summed E-state index contributed by atoms with van der Waals surface area (Å²) in [6.07, 6.45) is -1.85. The molecule has 0 atom stereocenters. The van der Waals surface area contributed by atoms with E-state index in [-0.39, 0.29) is 35.5 Å². The highest BCUT2D eigenvalue weighted by Crippen LogP contribution is 2.30. The molecule has 0 aliphatic heterocycles. The van der Waals surface area contributed by atoms with Crippen molar-refractivity contribution in [3.8, 4) is 0 Å². The lowest BCUT2D eigenvalue weighted by Crippen LogP contribution is -2.32. The van der Waals surface area contributed by atoms with Crippen LogP contribution in [0.15, 0.2) is 34.9 Å². The van der Waals surface area contributed by atoms with Gasteiger partial charge in [-0.1, -0.05) is 33.8 Å². The third-order valence-electron chi connectivity index (χ3n) is 4.82. The molecule has 1 N–H and O–H groups in total. The Bertz CT molecular complexity index is 907. The summed E-state index contributed by atoms with van der Waals surface area (Å²) in [5, 5.41) is 2.76. The van der Waals surface area contributed by atoms with Crippen LogP contribution >= 0.6 is 0 Å². The molecule has 0 bridgehead atoms. The van der Waals surface area contributed by atoms with Crippen molar-refractivity contribution in [3.05, 3.63) is 53.2 Å². The third-order valence-corrected chi connectivity index (χ3v) is 4.82. The summed E-state index contributed by atoms with van der Waals surface area (Å²) in [5.41, 5.74) is -0.857. The van der Waals surface area contributed by atoms with Crippen LogP contribution in [0.4, 0.5) is 13.2 Å².